The molecule has 0 spiro atoms. The number of benzene rings is 1. The Kier molecular flexibility index (Phi) is 7.22. The van der Waals surface area contributed by atoms with Gasteiger partial charge in [0.1, 0.15) is 19.0 Å². The lowest BCUT2D eigenvalue weighted by molar-refractivity contribution is -0.146. The normalized spacial score (nSPS) is 11.6. The first-order chi connectivity index (χ1) is 14.4. The number of hydrogen-bond donors (Lipinski definition) is 3. The van der Waals surface area contributed by atoms with E-state index in [2.05, 4.69) is 10.1 Å². The lowest BCUT2D eigenvalue weighted by atomic mass is 10.1. The summed E-state index contributed by atoms with van der Waals surface area (Å²) in [5, 5.41) is 23.3. The molecule has 0 saturated heterocycles. The molecule has 0 aliphatic heterocycles. The third kappa shape index (κ3) is 5.45. The molecular formula is C20H22ClN3O6. The number of halogens is 1. The molecule has 0 unspecified atom stereocenters. The highest BCUT2D eigenvalue weighted by Gasteiger charge is 2.25. The molecule has 0 aliphatic rings. The lowest BCUT2D eigenvalue weighted by Crippen LogP contribution is -2.51. The molecule has 2 heterocycles. The number of aliphatic hydroxyl groups is 2. The number of aromatic nitrogens is 2. The molecule has 0 atom stereocenters. The second kappa shape index (κ2) is 9.86. The average molecular weight is 436 g/mol. The molecule has 0 bridgehead atoms. The molecule has 0 fully saturated rings. The Hall–Kier alpha value is -2.72. The van der Waals surface area contributed by atoms with Crippen molar-refractivity contribution in [3.05, 3.63) is 52.9 Å². The quantitative estimate of drug-likeness (QED) is 0.405. The first-order valence-electron chi connectivity index (χ1n) is 9.21. The molecule has 0 radical (unpaired) electrons. The van der Waals surface area contributed by atoms with E-state index in [-0.39, 0.29) is 26.1 Å². The van der Waals surface area contributed by atoms with Gasteiger partial charge in [-0.15, -0.1) is 0 Å². The van der Waals surface area contributed by atoms with Gasteiger partial charge in [-0.2, -0.15) is 0 Å². The molecular weight excluding hydrogens is 414 g/mol. The highest BCUT2D eigenvalue weighted by Crippen LogP contribution is 2.32. The summed E-state index contributed by atoms with van der Waals surface area (Å²) >= 11 is 6.33. The van der Waals surface area contributed by atoms with Crippen LogP contribution < -0.4 is 10.5 Å². The van der Waals surface area contributed by atoms with E-state index in [4.69, 9.17) is 41.5 Å². The number of ether oxygens (including phenoxy) is 2. The number of carbonyl (C=O) groups is 1. The average Bonchev–Trinajstić information content (AvgIpc) is 3.16. The van der Waals surface area contributed by atoms with Gasteiger partial charge in [-0.3, -0.25) is 9.78 Å². The van der Waals surface area contributed by atoms with Crippen LogP contribution in [-0.2, 0) is 22.6 Å². The van der Waals surface area contributed by atoms with Crippen LogP contribution in [0.25, 0.3) is 11.0 Å². The number of esters is 1. The topological polar surface area (TPSA) is 141 Å². The Morgan fingerprint density at radius 3 is 2.77 bits per heavy atom. The monoisotopic (exact) mass is 435 g/mol. The first kappa shape index (κ1) is 22.0. The van der Waals surface area contributed by atoms with E-state index >= 15 is 0 Å². The third-order valence-electron chi connectivity index (χ3n) is 4.42. The van der Waals surface area contributed by atoms with Crippen LogP contribution in [0.2, 0.25) is 5.02 Å². The van der Waals surface area contributed by atoms with Gasteiger partial charge in [0.2, 0.25) is 0 Å². The Balaban J connectivity index is 1.61. The van der Waals surface area contributed by atoms with Crippen molar-refractivity contribution in [1.82, 2.24) is 10.1 Å². The Labute approximate surface area is 177 Å². The van der Waals surface area contributed by atoms with Gasteiger partial charge >= 0.3 is 5.97 Å². The number of carbonyl (C=O) groups excluding carboxylic acids is 1. The summed E-state index contributed by atoms with van der Waals surface area (Å²) < 4.78 is 16.1. The van der Waals surface area contributed by atoms with E-state index in [0.717, 1.165) is 5.69 Å². The lowest BCUT2D eigenvalue weighted by Gasteiger charge is -2.23. The maximum Gasteiger partial charge on any atom is 0.306 e. The summed E-state index contributed by atoms with van der Waals surface area (Å²) in [6.07, 6.45) is 1.95. The molecule has 160 valence electrons. The summed E-state index contributed by atoms with van der Waals surface area (Å²) in [6, 6.07) is 8.84. The predicted octanol–water partition coefficient (Wildman–Crippen LogP) is 1.61. The SMILES string of the molecule is NC(CO)(CO)COC(=O)CCc1noc2cc(OCc3ccccn3)c(Cl)cc12. The standard InChI is InChI=1S/C20H22ClN3O6/c21-15-7-14-16(4-5-19(27)29-12-20(22,10-25)11-26)24-30-17(14)8-18(15)28-9-13-3-1-2-6-23-13/h1-3,6-8,25-26H,4-5,9-12,22H2. The second-order valence-corrected chi connectivity index (χ2v) is 7.26. The Morgan fingerprint density at radius 2 is 2.07 bits per heavy atom. The predicted molar refractivity (Wildman–Crippen MR) is 108 cm³/mol. The van der Waals surface area contributed by atoms with Crippen LogP contribution in [0.15, 0.2) is 41.1 Å². The van der Waals surface area contributed by atoms with Gasteiger partial charge in [0.25, 0.3) is 0 Å². The summed E-state index contributed by atoms with van der Waals surface area (Å²) in [4.78, 5) is 16.1. The smallest absolute Gasteiger partial charge is 0.306 e. The molecule has 10 heteroatoms. The van der Waals surface area contributed by atoms with Crippen LogP contribution >= 0.6 is 11.6 Å². The van der Waals surface area contributed by atoms with Gasteiger partial charge in [-0.1, -0.05) is 22.8 Å². The van der Waals surface area contributed by atoms with Crippen molar-refractivity contribution < 1.29 is 29.0 Å². The highest BCUT2D eigenvalue weighted by atomic mass is 35.5. The fraction of sp³-hybridized carbons (Fsp3) is 0.350. The van der Waals surface area contributed by atoms with Crippen LogP contribution in [0.1, 0.15) is 17.8 Å². The highest BCUT2D eigenvalue weighted by molar-refractivity contribution is 6.32. The number of rotatable bonds is 10. The zero-order chi connectivity index (χ0) is 21.6. The van der Waals surface area contributed by atoms with Crippen molar-refractivity contribution >= 4 is 28.5 Å². The van der Waals surface area contributed by atoms with E-state index in [1.807, 2.05) is 18.2 Å². The number of nitrogens with two attached hydrogens (primary N) is 1. The summed E-state index contributed by atoms with van der Waals surface area (Å²) in [7, 11) is 0. The van der Waals surface area contributed by atoms with Gasteiger partial charge in [0, 0.05) is 24.1 Å². The summed E-state index contributed by atoms with van der Waals surface area (Å²) in [6.45, 7) is -1.05. The van der Waals surface area contributed by atoms with E-state index < -0.39 is 24.7 Å². The molecule has 0 amide bonds. The van der Waals surface area contributed by atoms with Crippen molar-refractivity contribution in [2.24, 2.45) is 5.73 Å². The van der Waals surface area contributed by atoms with E-state index in [1.54, 1.807) is 18.3 Å². The van der Waals surface area contributed by atoms with E-state index in [1.165, 1.54) is 0 Å². The van der Waals surface area contributed by atoms with Crippen molar-refractivity contribution in [3.63, 3.8) is 0 Å². The van der Waals surface area contributed by atoms with Gasteiger partial charge in [-0.25, -0.2) is 0 Å². The van der Waals surface area contributed by atoms with Crippen LogP contribution in [0.4, 0.5) is 0 Å². The van der Waals surface area contributed by atoms with Gasteiger partial charge < -0.3 is 29.9 Å². The zero-order valence-electron chi connectivity index (χ0n) is 16.1. The molecule has 30 heavy (non-hydrogen) atoms. The first-order valence-corrected chi connectivity index (χ1v) is 9.58. The van der Waals surface area contributed by atoms with Crippen LogP contribution in [-0.4, -0.2) is 51.7 Å². The molecule has 3 rings (SSSR count). The number of fused-ring (bicyclic) bond motifs is 1. The second-order valence-electron chi connectivity index (χ2n) is 6.86. The molecule has 9 nitrogen and oxygen atoms in total. The van der Waals surface area contributed by atoms with Crippen LogP contribution in [0.5, 0.6) is 5.75 Å². The molecule has 0 aliphatic carbocycles. The minimum absolute atomic E-state index is 0.0180. The molecule has 4 N–H and O–H groups in total. The number of aliphatic hydroxyl groups excluding tert-OH is 2. The fourth-order valence-corrected chi connectivity index (χ4v) is 2.79. The Morgan fingerprint density at radius 1 is 1.27 bits per heavy atom. The largest absolute Gasteiger partial charge is 0.486 e. The molecule has 1 aromatic carbocycles. The van der Waals surface area contributed by atoms with Crippen LogP contribution in [0.3, 0.4) is 0 Å². The minimum Gasteiger partial charge on any atom is -0.486 e. The van der Waals surface area contributed by atoms with E-state index in [9.17, 15) is 4.79 Å². The zero-order valence-corrected chi connectivity index (χ0v) is 16.8. The number of hydrogen-bond acceptors (Lipinski definition) is 9. The van der Waals surface area contributed by atoms with E-state index in [0.29, 0.717) is 27.4 Å². The summed E-state index contributed by atoms with van der Waals surface area (Å²) in [5.41, 5.74) is 6.08. The van der Waals surface area contributed by atoms with Gasteiger partial charge in [-0.05, 0) is 18.2 Å². The van der Waals surface area contributed by atoms with Crippen molar-refractivity contribution in [3.8, 4) is 5.75 Å². The molecule has 3 aromatic rings. The number of aryl methyl sites for hydroxylation is 1. The Bertz CT molecular complexity index is 991. The van der Waals surface area contributed by atoms with Gasteiger partial charge in [0.05, 0.1) is 41.6 Å². The molecule has 2 aromatic heterocycles. The van der Waals surface area contributed by atoms with Crippen molar-refractivity contribution in [2.75, 3.05) is 19.8 Å². The maximum absolute atomic E-state index is 11.9. The van der Waals surface area contributed by atoms with Crippen molar-refractivity contribution in [2.45, 2.75) is 25.0 Å². The maximum atomic E-state index is 11.9. The van der Waals surface area contributed by atoms with Crippen LogP contribution in [0, 0.1) is 0 Å². The number of pyridine rings is 1. The van der Waals surface area contributed by atoms with Crippen molar-refractivity contribution in [1.29, 1.82) is 0 Å². The summed E-state index contributed by atoms with van der Waals surface area (Å²) in [5.74, 6) is -0.103. The van der Waals surface area contributed by atoms with Gasteiger partial charge in [0.15, 0.2) is 5.58 Å². The third-order valence-corrected chi connectivity index (χ3v) is 4.71. The minimum atomic E-state index is -1.37. The fourth-order valence-electron chi connectivity index (χ4n) is 2.57. The number of nitrogens with zero attached hydrogens (tertiary/aromatic N) is 2. The molecule has 0 saturated carbocycles.